The van der Waals surface area contributed by atoms with E-state index in [0.717, 1.165) is 25.7 Å². The Bertz CT molecular complexity index is 162. The Balaban J connectivity index is 3.97. The molecular formula is C15H32O2. The highest BCUT2D eigenvalue weighted by Gasteiger charge is 2.27. The zero-order chi connectivity index (χ0) is 13.1. The van der Waals surface area contributed by atoms with Gasteiger partial charge in [0.2, 0.25) is 0 Å². The first-order chi connectivity index (χ1) is 8.10. The molecule has 0 radical (unpaired) electrons. The minimum Gasteiger partial charge on any atom is -0.396 e. The Kier molecular flexibility index (Phi) is 9.85. The largest absolute Gasteiger partial charge is 0.396 e. The van der Waals surface area contributed by atoms with Crippen LogP contribution >= 0.6 is 0 Å². The highest BCUT2D eigenvalue weighted by Crippen LogP contribution is 2.31. The van der Waals surface area contributed by atoms with Crippen LogP contribution in [0.5, 0.6) is 0 Å². The summed E-state index contributed by atoms with van der Waals surface area (Å²) in [6, 6.07) is 0. The second-order valence-electron chi connectivity index (χ2n) is 5.91. The van der Waals surface area contributed by atoms with Crippen LogP contribution < -0.4 is 0 Å². The zero-order valence-electron chi connectivity index (χ0n) is 12.0. The molecule has 0 fully saturated rings. The first kappa shape index (κ1) is 16.9. The summed E-state index contributed by atoms with van der Waals surface area (Å²) in [6.45, 7) is 6.91. The normalized spacial score (nSPS) is 12.4. The third kappa shape index (κ3) is 7.77. The van der Waals surface area contributed by atoms with Crippen molar-refractivity contribution >= 4 is 0 Å². The molecule has 2 N–H and O–H groups in total. The molecule has 0 aromatic heterocycles. The van der Waals surface area contributed by atoms with Crippen LogP contribution in [0, 0.1) is 11.3 Å². The summed E-state index contributed by atoms with van der Waals surface area (Å²) in [6.07, 6.45) is 9.10. The van der Waals surface area contributed by atoms with Crippen molar-refractivity contribution in [2.75, 3.05) is 13.2 Å². The molecule has 0 unspecified atom stereocenters. The molecule has 0 aromatic rings. The second-order valence-corrected chi connectivity index (χ2v) is 5.91. The van der Waals surface area contributed by atoms with Gasteiger partial charge in [0, 0.05) is 5.41 Å². The van der Waals surface area contributed by atoms with Crippen LogP contribution in [0.1, 0.15) is 72.1 Å². The summed E-state index contributed by atoms with van der Waals surface area (Å²) >= 11 is 0. The predicted octanol–water partition coefficient (Wildman–Crippen LogP) is 3.75. The quantitative estimate of drug-likeness (QED) is 0.543. The number of hydrogen-bond donors (Lipinski definition) is 2. The number of rotatable bonds is 11. The zero-order valence-corrected chi connectivity index (χ0v) is 12.0. The SMILES string of the molecule is CCCCCCC(CO)(CO)CCCC(C)C. The number of aliphatic hydroxyl groups is 2. The Labute approximate surface area is 107 Å². The average Bonchev–Trinajstić information content (AvgIpc) is 2.32. The lowest BCUT2D eigenvalue weighted by atomic mass is 9.79. The van der Waals surface area contributed by atoms with Crippen molar-refractivity contribution in [2.24, 2.45) is 11.3 Å². The van der Waals surface area contributed by atoms with E-state index in [1.54, 1.807) is 0 Å². The number of aliphatic hydroxyl groups excluding tert-OH is 2. The third-order valence-corrected chi connectivity index (χ3v) is 3.72. The summed E-state index contributed by atoms with van der Waals surface area (Å²) in [5.41, 5.74) is -0.220. The van der Waals surface area contributed by atoms with Crippen LogP contribution in [-0.4, -0.2) is 23.4 Å². The van der Waals surface area contributed by atoms with Gasteiger partial charge < -0.3 is 10.2 Å². The van der Waals surface area contributed by atoms with Gasteiger partial charge in [-0.3, -0.25) is 0 Å². The predicted molar refractivity (Wildman–Crippen MR) is 74.1 cm³/mol. The van der Waals surface area contributed by atoms with Gasteiger partial charge in [-0.15, -0.1) is 0 Å². The minimum atomic E-state index is -0.220. The van der Waals surface area contributed by atoms with Crippen LogP contribution in [0.25, 0.3) is 0 Å². The summed E-state index contributed by atoms with van der Waals surface area (Å²) < 4.78 is 0. The van der Waals surface area contributed by atoms with Crippen molar-refractivity contribution < 1.29 is 10.2 Å². The molecule has 0 rings (SSSR count). The summed E-state index contributed by atoms with van der Waals surface area (Å²) in [5, 5.41) is 19.1. The van der Waals surface area contributed by atoms with Gasteiger partial charge in [-0.1, -0.05) is 59.3 Å². The van der Waals surface area contributed by atoms with Gasteiger partial charge in [0.05, 0.1) is 13.2 Å². The molecule has 0 bridgehead atoms. The van der Waals surface area contributed by atoms with Crippen molar-refractivity contribution in [2.45, 2.75) is 72.1 Å². The van der Waals surface area contributed by atoms with Gasteiger partial charge in [-0.25, -0.2) is 0 Å². The van der Waals surface area contributed by atoms with E-state index < -0.39 is 0 Å². The average molecular weight is 244 g/mol. The molecule has 0 amide bonds. The second kappa shape index (κ2) is 9.90. The molecule has 0 aliphatic rings. The third-order valence-electron chi connectivity index (χ3n) is 3.72. The fourth-order valence-electron chi connectivity index (χ4n) is 2.30. The highest BCUT2D eigenvalue weighted by molar-refractivity contribution is 4.78. The first-order valence-electron chi connectivity index (χ1n) is 7.32. The van der Waals surface area contributed by atoms with E-state index in [0.29, 0.717) is 5.92 Å². The van der Waals surface area contributed by atoms with Gasteiger partial charge >= 0.3 is 0 Å². The van der Waals surface area contributed by atoms with Crippen LogP contribution in [0.2, 0.25) is 0 Å². The van der Waals surface area contributed by atoms with Gasteiger partial charge in [-0.05, 0) is 18.8 Å². The maximum absolute atomic E-state index is 9.54. The molecule has 0 aliphatic carbocycles. The maximum Gasteiger partial charge on any atom is 0.0509 e. The van der Waals surface area contributed by atoms with E-state index in [-0.39, 0.29) is 18.6 Å². The molecule has 17 heavy (non-hydrogen) atoms. The molecule has 2 nitrogen and oxygen atoms in total. The van der Waals surface area contributed by atoms with Crippen molar-refractivity contribution in [3.8, 4) is 0 Å². The van der Waals surface area contributed by atoms with E-state index >= 15 is 0 Å². The lowest BCUT2D eigenvalue weighted by Gasteiger charge is -2.30. The fraction of sp³-hybridized carbons (Fsp3) is 1.00. The van der Waals surface area contributed by atoms with Crippen molar-refractivity contribution in [1.29, 1.82) is 0 Å². The molecule has 0 saturated carbocycles. The van der Waals surface area contributed by atoms with Crippen LogP contribution in [0.4, 0.5) is 0 Å². The highest BCUT2D eigenvalue weighted by atomic mass is 16.3. The van der Waals surface area contributed by atoms with Gasteiger partial charge in [0.25, 0.3) is 0 Å². The molecular weight excluding hydrogens is 212 g/mol. The Morgan fingerprint density at radius 3 is 1.94 bits per heavy atom. The number of unbranched alkanes of at least 4 members (excludes halogenated alkanes) is 3. The Morgan fingerprint density at radius 2 is 1.47 bits per heavy atom. The smallest absolute Gasteiger partial charge is 0.0509 e. The molecule has 0 heterocycles. The minimum absolute atomic E-state index is 0.133. The van der Waals surface area contributed by atoms with Crippen LogP contribution in [-0.2, 0) is 0 Å². The lowest BCUT2D eigenvalue weighted by Crippen LogP contribution is -2.30. The number of hydrogen-bond acceptors (Lipinski definition) is 2. The topological polar surface area (TPSA) is 40.5 Å². The molecule has 0 atom stereocenters. The van der Waals surface area contributed by atoms with Crippen molar-refractivity contribution in [3.05, 3.63) is 0 Å². The summed E-state index contributed by atoms with van der Waals surface area (Å²) in [5.74, 6) is 0.713. The van der Waals surface area contributed by atoms with Gasteiger partial charge in [-0.2, -0.15) is 0 Å². The molecule has 2 heteroatoms. The van der Waals surface area contributed by atoms with E-state index in [1.165, 1.54) is 25.7 Å². The van der Waals surface area contributed by atoms with Crippen LogP contribution in [0.3, 0.4) is 0 Å². The van der Waals surface area contributed by atoms with E-state index in [9.17, 15) is 10.2 Å². The fourth-order valence-corrected chi connectivity index (χ4v) is 2.30. The standard InChI is InChI=1S/C15H32O2/c1-4-5-6-7-10-15(12-16,13-17)11-8-9-14(2)3/h14,16-17H,4-13H2,1-3H3. The van der Waals surface area contributed by atoms with E-state index in [4.69, 9.17) is 0 Å². The molecule has 0 spiro atoms. The van der Waals surface area contributed by atoms with Crippen molar-refractivity contribution in [1.82, 2.24) is 0 Å². The van der Waals surface area contributed by atoms with Crippen LogP contribution in [0.15, 0.2) is 0 Å². The van der Waals surface area contributed by atoms with Gasteiger partial charge in [0.15, 0.2) is 0 Å². The molecule has 0 aromatic carbocycles. The molecule has 0 saturated heterocycles. The first-order valence-corrected chi connectivity index (χ1v) is 7.32. The summed E-state index contributed by atoms with van der Waals surface area (Å²) in [7, 11) is 0. The maximum atomic E-state index is 9.54. The van der Waals surface area contributed by atoms with Gasteiger partial charge in [0.1, 0.15) is 0 Å². The Morgan fingerprint density at radius 1 is 0.882 bits per heavy atom. The monoisotopic (exact) mass is 244 g/mol. The summed E-state index contributed by atoms with van der Waals surface area (Å²) in [4.78, 5) is 0. The van der Waals surface area contributed by atoms with E-state index in [2.05, 4.69) is 20.8 Å². The Hall–Kier alpha value is -0.0800. The molecule has 104 valence electrons. The lowest BCUT2D eigenvalue weighted by molar-refractivity contribution is 0.0348. The molecule has 0 aliphatic heterocycles. The van der Waals surface area contributed by atoms with E-state index in [1.807, 2.05) is 0 Å². The van der Waals surface area contributed by atoms with Crippen molar-refractivity contribution in [3.63, 3.8) is 0 Å².